The third-order valence-electron chi connectivity index (χ3n) is 3.90. The van der Waals surface area contributed by atoms with Crippen LogP contribution in [0.4, 0.5) is 0 Å². The quantitative estimate of drug-likeness (QED) is 0.863. The van der Waals surface area contributed by atoms with E-state index in [4.69, 9.17) is 9.52 Å². The minimum atomic E-state index is -1.09. The van der Waals surface area contributed by atoms with Crippen molar-refractivity contribution in [3.05, 3.63) is 23.7 Å². The highest BCUT2D eigenvalue weighted by Gasteiger charge is 2.37. The Morgan fingerprint density at radius 3 is 2.61 bits per heavy atom. The zero-order chi connectivity index (χ0) is 13.2. The molecule has 0 bridgehead atoms. The van der Waals surface area contributed by atoms with Crippen molar-refractivity contribution in [2.75, 3.05) is 0 Å². The second-order valence-corrected chi connectivity index (χ2v) is 5.23. The molecule has 4 heteroatoms. The maximum absolute atomic E-state index is 10.8. The van der Waals surface area contributed by atoms with Gasteiger partial charge in [0, 0.05) is 0 Å². The zero-order valence-corrected chi connectivity index (χ0v) is 10.7. The molecule has 1 heterocycles. The summed E-state index contributed by atoms with van der Waals surface area (Å²) in [4.78, 5) is 10.8. The number of hydrogen-bond donors (Lipinski definition) is 2. The number of aromatic carboxylic acids is 1. The molecular formula is C14H20O4. The summed E-state index contributed by atoms with van der Waals surface area (Å²) in [7, 11) is 0. The second-order valence-electron chi connectivity index (χ2n) is 5.23. The Hall–Kier alpha value is -1.29. The van der Waals surface area contributed by atoms with E-state index in [1.54, 1.807) is 6.07 Å². The first kappa shape index (κ1) is 13.1. The smallest absolute Gasteiger partial charge is 0.371 e. The van der Waals surface area contributed by atoms with E-state index < -0.39 is 11.6 Å². The number of carboxylic acids is 1. The predicted octanol–water partition coefficient (Wildman–Crippen LogP) is 3.16. The molecule has 1 aromatic heterocycles. The van der Waals surface area contributed by atoms with Crippen molar-refractivity contribution in [3.63, 3.8) is 0 Å². The lowest BCUT2D eigenvalue weighted by Gasteiger charge is -2.34. The molecule has 0 radical (unpaired) electrons. The lowest BCUT2D eigenvalue weighted by molar-refractivity contribution is -0.0335. The summed E-state index contributed by atoms with van der Waals surface area (Å²) in [6, 6.07) is 3.00. The molecule has 4 nitrogen and oxygen atoms in total. The van der Waals surface area contributed by atoms with E-state index in [0.29, 0.717) is 24.5 Å². The van der Waals surface area contributed by atoms with Crippen LogP contribution in [0.3, 0.4) is 0 Å². The molecule has 1 aliphatic carbocycles. The highest BCUT2D eigenvalue weighted by atomic mass is 16.4. The molecule has 1 aliphatic rings. The molecule has 0 aliphatic heterocycles. The van der Waals surface area contributed by atoms with Crippen molar-refractivity contribution in [1.29, 1.82) is 0 Å². The summed E-state index contributed by atoms with van der Waals surface area (Å²) >= 11 is 0. The van der Waals surface area contributed by atoms with Gasteiger partial charge >= 0.3 is 5.97 Å². The largest absolute Gasteiger partial charge is 0.475 e. The molecular weight excluding hydrogens is 232 g/mol. The molecule has 18 heavy (non-hydrogen) atoms. The van der Waals surface area contributed by atoms with Gasteiger partial charge in [0.15, 0.2) is 0 Å². The van der Waals surface area contributed by atoms with Gasteiger partial charge in [-0.2, -0.15) is 0 Å². The predicted molar refractivity (Wildman–Crippen MR) is 66.4 cm³/mol. The minimum absolute atomic E-state index is 0.103. The molecule has 1 fully saturated rings. The number of aliphatic hydroxyl groups is 1. The number of carbonyl (C=O) groups is 1. The fourth-order valence-electron chi connectivity index (χ4n) is 2.80. The van der Waals surface area contributed by atoms with Gasteiger partial charge < -0.3 is 14.6 Å². The number of hydrogen-bond acceptors (Lipinski definition) is 3. The van der Waals surface area contributed by atoms with Crippen molar-refractivity contribution in [2.45, 2.75) is 51.0 Å². The van der Waals surface area contributed by atoms with Crippen LogP contribution in [0.25, 0.3) is 0 Å². The highest BCUT2D eigenvalue weighted by molar-refractivity contribution is 5.84. The van der Waals surface area contributed by atoms with E-state index >= 15 is 0 Å². The number of furan rings is 1. The Morgan fingerprint density at radius 2 is 2.11 bits per heavy atom. The SMILES string of the molecule is CCCC1CCC(O)(c2ccc(C(=O)O)o2)CC1. The van der Waals surface area contributed by atoms with Crippen molar-refractivity contribution in [2.24, 2.45) is 5.92 Å². The summed E-state index contributed by atoms with van der Waals surface area (Å²) in [6.45, 7) is 2.17. The minimum Gasteiger partial charge on any atom is -0.475 e. The number of rotatable bonds is 4. The van der Waals surface area contributed by atoms with Crippen molar-refractivity contribution >= 4 is 5.97 Å². The summed E-state index contributed by atoms with van der Waals surface area (Å²) in [5.74, 6) is -0.113. The van der Waals surface area contributed by atoms with Crippen LogP contribution in [0.15, 0.2) is 16.5 Å². The van der Waals surface area contributed by atoms with E-state index in [1.807, 2.05) is 0 Å². The first-order valence-electron chi connectivity index (χ1n) is 6.61. The van der Waals surface area contributed by atoms with Crippen molar-refractivity contribution < 1.29 is 19.4 Å². The van der Waals surface area contributed by atoms with Crippen LogP contribution in [0.2, 0.25) is 0 Å². The molecule has 100 valence electrons. The van der Waals surface area contributed by atoms with Gasteiger partial charge in [0.05, 0.1) is 0 Å². The van der Waals surface area contributed by atoms with E-state index in [2.05, 4.69) is 6.92 Å². The lowest BCUT2D eigenvalue weighted by Crippen LogP contribution is -2.31. The van der Waals surface area contributed by atoms with Crippen LogP contribution in [0.5, 0.6) is 0 Å². The van der Waals surface area contributed by atoms with Gasteiger partial charge in [-0.1, -0.05) is 19.8 Å². The zero-order valence-electron chi connectivity index (χ0n) is 10.7. The molecule has 1 saturated carbocycles. The molecule has 0 aromatic carbocycles. The van der Waals surface area contributed by atoms with Gasteiger partial charge in [-0.25, -0.2) is 4.79 Å². The average Bonchev–Trinajstić information content (AvgIpc) is 2.83. The fraction of sp³-hybridized carbons (Fsp3) is 0.643. The molecule has 0 unspecified atom stereocenters. The van der Waals surface area contributed by atoms with Crippen LogP contribution < -0.4 is 0 Å². The standard InChI is InChI=1S/C14H20O4/c1-2-3-10-6-8-14(17,9-7-10)12-5-4-11(18-12)13(15)16/h4-5,10,17H,2-3,6-9H2,1H3,(H,15,16). The molecule has 0 saturated heterocycles. The van der Waals surface area contributed by atoms with E-state index in [0.717, 1.165) is 12.8 Å². The van der Waals surface area contributed by atoms with Gasteiger partial charge in [-0.3, -0.25) is 0 Å². The van der Waals surface area contributed by atoms with Gasteiger partial charge in [0.2, 0.25) is 5.76 Å². The van der Waals surface area contributed by atoms with Crippen molar-refractivity contribution in [3.8, 4) is 0 Å². The Balaban J connectivity index is 2.06. The van der Waals surface area contributed by atoms with Crippen LogP contribution in [0, 0.1) is 5.92 Å². The first-order valence-corrected chi connectivity index (χ1v) is 6.61. The third-order valence-corrected chi connectivity index (χ3v) is 3.90. The van der Waals surface area contributed by atoms with Gasteiger partial charge in [-0.05, 0) is 43.7 Å². The molecule has 0 spiro atoms. The van der Waals surface area contributed by atoms with E-state index in [1.165, 1.54) is 18.9 Å². The molecule has 2 N–H and O–H groups in total. The highest BCUT2D eigenvalue weighted by Crippen LogP contribution is 2.41. The third kappa shape index (κ3) is 2.58. The van der Waals surface area contributed by atoms with Gasteiger partial charge in [-0.15, -0.1) is 0 Å². The summed E-state index contributed by atoms with van der Waals surface area (Å²) in [6.07, 6.45) is 5.65. The average molecular weight is 252 g/mol. The Kier molecular flexibility index (Phi) is 3.76. The molecule has 2 rings (SSSR count). The Morgan fingerprint density at radius 1 is 1.44 bits per heavy atom. The first-order chi connectivity index (χ1) is 8.55. The van der Waals surface area contributed by atoms with Crippen molar-refractivity contribution in [1.82, 2.24) is 0 Å². The van der Waals surface area contributed by atoms with E-state index in [9.17, 15) is 9.90 Å². The maximum Gasteiger partial charge on any atom is 0.371 e. The molecule has 1 aromatic rings. The Labute approximate surface area is 107 Å². The maximum atomic E-state index is 10.8. The van der Waals surface area contributed by atoms with Crippen LogP contribution >= 0.6 is 0 Å². The molecule has 0 atom stereocenters. The van der Waals surface area contributed by atoms with Crippen LogP contribution in [-0.2, 0) is 5.60 Å². The van der Waals surface area contributed by atoms with Gasteiger partial charge in [0.1, 0.15) is 11.4 Å². The van der Waals surface area contributed by atoms with E-state index in [-0.39, 0.29) is 5.76 Å². The summed E-state index contributed by atoms with van der Waals surface area (Å²) in [5, 5.41) is 19.4. The normalized spacial score (nSPS) is 28.2. The molecule has 0 amide bonds. The van der Waals surface area contributed by atoms with Crippen LogP contribution in [0.1, 0.15) is 61.8 Å². The Bertz CT molecular complexity index is 413. The summed E-state index contributed by atoms with van der Waals surface area (Å²) in [5.41, 5.74) is -0.974. The topological polar surface area (TPSA) is 70.7 Å². The fourth-order valence-corrected chi connectivity index (χ4v) is 2.80. The second kappa shape index (κ2) is 5.14. The number of carboxylic acid groups (broad SMARTS) is 1. The monoisotopic (exact) mass is 252 g/mol. The van der Waals surface area contributed by atoms with Gasteiger partial charge in [0.25, 0.3) is 0 Å². The summed E-state index contributed by atoms with van der Waals surface area (Å²) < 4.78 is 5.23. The lowest BCUT2D eigenvalue weighted by atomic mass is 9.76. The van der Waals surface area contributed by atoms with Crippen LogP contribution in [-0.4, -0.2) is 16.2 Å².